The zero-order valence-corrected chi connectivity index (χ0v) is 11.3. The summed E-state index contributed by atoms with van der Waals surface area (Å²) in [5, 5.41) is 10.7. The van der Waals surface area contributed by atoms with Crippen molar-refractivity contribution in [2.24, 2.45) is 7.05 Å². The fourth-order valence-corrected chi connectivity index (χ4v) is 2.16. The van der Waals surface area contributed by atoms with Gasteiger partial charge < -0.3 is 9.88 Å². The second kappa shape index (κ2) is 5.83. The highest BCUT2D eigenvalue weighted by atomic mass is 32.2. The number of aromatic nitrogens is 3. The van der Waals surface area contributed by atoms with Crippen LogP contribution in [0.5, 0.6) is 0 Å². The summed E-state index contributed by atoms with van der Waals surface area (Å²) in [6, 6.07) is 5.64. The predicted molar refractivity (Wildman–Crippen MR) is 71.4 cm³/mol. The van der Waals surface area contributed by atoms with E-state index in [1.54, 1.807) is 17.8 Å². The molecular formula is C12H13FN4OS. The standard InChI is InChI=1S/C12H13FN4OS/c1-8(19-12-16-14-7-17(12)2)11(18)15-10-5-3-9(13)4-6-10/h3-8H,1-2H3,(H,15,18)/t8-/m0/s1. The molecule has 1 heterocycles. The molecule has 0 unspecified atom stereocenters. The number of hydrogen-bond acceptors (Lipinski definition) is 4. The van der Waals surface area contributed by atoms with Gasteiger partial charge in [-0.05, 0) is 31.2 Å². The fourth-order valence-electron chi connectivity index (χ4n) is 1.37. The van der Waals surface area contributed by atoms with Crippen LogP contribution in [0.1, 0.15) is 6.92 Å². The van der Waals surface area contributed by atoms with Crippen LogP contribution in [0.25, 0.3) is 0 Å². The molecule has 0 bridgehead atoms. The number of hydrogen-bond donors (Lipinski definition) is 1. The van der Waals surface area contributed by atoms with Crippen LogP contribution in [0.2, 0.25) is 0 Å². The lowest BCUT2D eigenvalue weighted by atomic mass is 10.3. The number of nitrogens with zero attached hydrogens (tertiary/aromatic N) is 3. The molecule has 0 saturated carbocycles. The number of amides is 1. The third-order valence-electron chi connectivity index (χ3n) is 2.43. The summed E-state index contributed by atoms with van der Waals surface area (Å²) in [7, 11) is 1.81. The first kappa shape index (κ1) is 13.5. The third-order valence-corrected chi connectivity index (χ3v) is 3.58. The highest BCUT2D eigenvalue weighted by Gasteiger charge is 2.17. The van der Waals surface area contributed by atoms with E-state index in [-0.39, 0.29) is 17.0 Å². The van der Waals surface area contributed by atoms with Crippen molar-refractivity contribution in [3.05, 3.63) is 36.4 Å². The van der Waals surface area contributed by atoms with Crippen molar-refractivity contribution >= 4 is 23.4 Å². The van der Waals surface area contributed by atoms with Crippen molar-refractivity contribution in [1.29, 1.82) is 0 Å². The molecule has 2 aromatic rings. The Morgan fingerprint density at radius 1 is 1.42 bits per heavy atom. The number of aryl methyl sites for hydroxylation is 1. The van der Waals surface area contributed by atoms with E-state index in [0.717, 1.165) is 0 Å². The molecule has 5 nitrogen and oxygen atoms in total. The Balaban J connectivity index is 1.96. The maximum Gasteiger partial charge on any atom is 0.237 e. The topological polar surface area (TPSA) is 59.8 Å². The first-order chi connectivity index (χ1) is 9.06. The molecular weight excluding hydrogens is 267 g/mol. The molecule has 1 aromatic heterocycles. The summed E-state index contributed by atoms with van der Waals surface area (Å²) in [5.41, 5.74) is 0.566. The number of benzene rings is 1. The van der Waals surface area contributed by atoms with Crippen molar-refractivity contribution < 1.29 is 9.18 Å². The lowest BCUT2D eigenvalue weighted by molar-refractivity contribution is -0.115. The Bertz CT molecular complexity index is 569. The van der Waals surface area contributed by atoms with Crippen LogP contribution in [0, 0.1) is 5.82 Å². The number of carbonyl (C=O) groups is 1. The molecule has 0 saturated heterocycles. The van der Waals surface area contributed by atoms with Gasteiger partial charge in [0, 0.05) is 12.7 Å². The molecule has 2 rings (SSSR count). The molecule has 0 aliphatic rings. The maximum atomic E-state index is 12.7. The van der Waals surface area contributed by atoms with Gasteiger partial charge in [-0.3, -0.25) is 4.79 Å². The van der Waals surface area contributed by atoms with Gasteiger partial charge in [0.2, 0.25) is 5.91 Å². The normalized spacial score (nSPS) is 12.2. The van der Waals surface area contributed by atoms with Gasteiger partial charge in [-0.15, -0.1) is 10.2 Å². The first-order valence-corrected chi connectivity index (χ1v) is 6.51. The van der Waals surface area contributed by atoms with Crippen LogP contribution < -0.4 is 5.32 Å². The van der Waals surface area contributed by atoms with Crippen LogP contribution >= 0.6 is 11.8 Å². The quantitative estimate of drug-likeness (QED) is 0.871. The number of halogens is 1. The summed E-state index contributed by atoms with van der Waals surface area (Å²) in [4.78, 5) is 12.0. The molecule has 0 fully saturated rings. The van der Waals surface area contributed by atoms with Gasteiger partial charge in [0.15, 0.2) is 5.16 Å². The molecule has 7 heteroatoms. The van der Waals surface area contributed by atoms with Gasteiger partial charge in [0.1, 0.15) is 12.1 Å². The van der Waals surface area contributed by atoms with Gasteiger partial charge in [-0.2, -0.15) is 0 Å². The second-order valence-corrected chi connectivity index (χ2v) is 5.29. The number of anilines is 1. The zero-order valence-electron chi connectivity index (χ0n) is 10.5. The SMILES string of the molecule is C[C@H](Sc1nncn1C)C(=O)Nc1ccc(F)cc1. The van der Waals surface area contributed by atoms with E-state index >= 15 is 0 Å². The highest BCUT2D eigenvalue weighted by Crippen LogP contribution is 2.21. The van der Waals surface area contributed by atoms with Gasteiger partial charge in [0.05, 0.1) is 5.25 Å². The van der Waals surface area contributed by atoms with Gasteiger partial charge in [0.25, 0.3) is 0 Å². The predicted octanol–water partition coefficient (Wildman–Crippen LogP) is 2.07. The van der Waals surface area contributed by atoms with E-state index in [9.17, 15) is 9.18 Å². The molecule has 1 atom stereocenters. The fraction of sp³-hybridized carbons (Fsp3) is 0.250. The Kier molecular flexibility index (Phi) is 4.16. The Labute approximate surface area is 114 Å². The third kappa shape index (κ3) is 3.54. The average Bonchev–Trinajstić information content (AvgIpc) is 2.78. The molecule has 0 aliphatic carbocycles. The summed E-state index contributed by atoms with van der Waals surface area (Å²) in [6.45, 7) is 1.78. The van der Waals surface area contributed by atoms with Crippen molar-refractivity contribution in [2.75, 3.05) is 5.32 Å². The molecule has 0 spiro atoms. The summed E-state index contributed by atoms with van der Waals surface area (Å²) < 4.78 is 14.5. The van der Waals surface area contributed by atoms with Gasteiger partial charge in [-0.1, -0.05) is 11.8 Å². The van der Waals surface area contributed by atoms with Crippen LogP contribution in [0.3, 0.4) is 0 Å². The molecule has 0 radical (unpaired) electrons. The van der Waals surface area contributed by atoms with Crippen molar-refractivity contribution in [3.8, 4) is 0 Å². The molecule has 100 valence electrons. The summed E-state index contributed by atoms with van der Waals surface area (Å²) in [6.07, 6.45) is 1.58. The Morgan fingerprint density at radius 3 is 2.68 bits per heavy atom. The summed E-state index contributed by atoms with van der Waals surface area (Å²) in [5.74, 6) is -0.501. The molecule has 1 N–H and O–H groups in total. The van der Waals surface area contributed by atoms with Gasteiger partial charge in [-0.25, -0.2) is 4.39 Å². The van der Waals surface area contributed by atoms with Crippen molar-refractivity contribution in [1.82, 2.24) is 14.8 Å². The summed E-state index contributed by atoms with van der Waals surface area (Å²) >= 11 is 1.31. The second-order valence-electron chi connectivity index (χ2n) is 3.98. The van der Waals surface area contributed by atoms with Crippen LogP contribution in [0.4, 0.5) is 10.1 Å². The monoisotopic (exact) mass is 280 g/mol. The molecule has 1 amide bonds. The van der Waals surface area contributed by atoms with Crippen molar-refractivity contribution in [3.63, 3.8) is 0 Å². The molecule has 19 heavy (non-hydrogen) atoms. The largest absolute Gasteiger partial charge is 0.325 e. The average molecular weight is 280 g/mol. The maximum absolute atomic E-state index is 12.7. The minimum absolute atomic E-state index is 0.167. The minimum atomic E-state index is -0.334. The minimum Gasteiger partial charge on any atom is -0.325 e. The Hall–Kier alpha value is -1.89. The molecule has 0 aliphatic heterocycles. The van der Waals surface area contributed by atoms with E-state index < -0.39 is 0 Å². The lowest BCUT2D eigenvalue weighted by Gasteiger charge is -2.11. The van der Waals surface area contributed by atoms with E-state index in [1.807, 2.05) is 7.05 Å². The zero-order chi connectivity index (χ0) is 13.8. The first-order valence-electron chi connectivity index (χ1n) is 5.63. The van der Waals surface area contributed by atoms with E-state index in [0.29, 0.717) is 10.8 Å². The smallest absolute Gasteiger partial charge is 0.237 e. The van der Waals surface area contributed by atoms with E-state index in [4.69, 9.17) is 0 Å². The number of rotatable bonds is 4. The number of carbonyl (C=O) groups excluding carboxylic acids is 1. The van der Waals surface area contributed by atoms with Crippen LogP contribution in [0.15, 0.2) is 35.7 Å². The van der Waals surface area contributed by atoms with Crippen LogP contribution in [-0.4, -0.2) is 25.9 Å². The number of thioether (sulfide) groups is 1. The van der Waals surface area contributed by atoms with E-state index in [1.165, 1.54) is 36.0 Å². The van der Waals surface area contributed by atoms with Crippen molar-refractivity contribution in [2.45, 2.75) is 17.3 Å². The Morgan fingerprint density at radius 2 is 2.11 bits per heavy atom. The van der Waals surface area contributed by atoms with Crippen LogP contribution in [-0.2, 0) is 11.8 Å². The molecule has 1 aromatic carbocycles. The number of nitrogens with one attached hydrogen (secondary N) is 1. The lowest BCUT2D eigenvalue weighted by Crippen LogP contribution is -2.22. The highest BCUT2D eigenvalue weighted by molar-refractivity contribution is 8.00. The van der Waals surface area contributed by atoms with Gasteiger partial charge >= 0.3 is 0 Å². The van der Waals surface area contributed by atoms with E-state index in [2.05, 4.69) is 15.5 Å².